The third kappa shape index (κ3) is 2.00. The summed E-state index contributed by atoms with van der Waals surface area (Å²) >= 11 is 5.64. The first kappa shape index (κ1) is 10.1. The van der Waals surface area contributed by atoms with Gasteiger partial charge in [0.1, 0.15) is 5.82 Å². The number of oxazole rings is 1. The molecule has 0 saturated carbocycles. The van der Waals surface area contributed by atoms with Gasteiger partial charge < -0.3 is 10.2 Å². The van der Waals surface area contributed by atoms with E-state index in [9.17, 15) is 4.39 Å². The molecule has 2 rings (SSSR count). The van der Waals surface area contributed by atoms with Gasteiger partial charge in [-0.05, 0) is 18.2 Å². The summed E-state index contributed by atoms with van der Waals surface area (Å²) in [5.74, 6) is 0.502. The van der Waals surface area contributed by atoms with E-state index in [1.807, 2.05) is 0 Å². The summed E-state index contributed by atoms with van der Waals surface area (Å²) in [6.07, 6.45) is 1.53. The van der Waals surface area contributed by atoms with E-state index in [2.05, 4.69) is 4.98 Å². The van der Waals surface area contributed by atoms with E-state index in [1.165, 1.54) is 18.3 Å². The van der Waals surface area contributed by atoms with Gasteiger partial charge in [0.25, 0.3) is 0 Å². The summed E-state index contributed by atoms with van der Waals surface area (Å²) in [5.41, 5.74) is 6.03. The highest BCUT2D eigenvalue weighted by Gasteiger charge is 2.07. The second kappa shape index (κ2) is 4.00. The predicted molar refractivity (Wildman–Crippen MR) is 54.8 cm³/mol. The molecular weight excluding hydrogens is 219 g/mol. The Hall–Kier alpha value is -1.39. The van der Waals surface area contributed by atoms with Crippen molar-refractivity contribution in [3.63, 3.8) is 0 Å². The molecule has 1 aromatic heterocycles. The van der Waals surface area contributed by atoms with Crippen LogP contribution in [0.1, 0.15) is 5.89 Å². The highest BCUT2D eigenvalue weighted by molar-refractivity contribution is 6.31. The summed E-state index contributed by atoms with van der Waals surface area (Å²) in [5, 5.41) is 0.0539. The summed E-state index contributed by atoms with van der Waals surface area (Å²) in [4.78, 5) is 3.93. The quantitative estimate of drug-likeness (QED) is 0.856. The van der Waals surface area contributed by atoms with Crippen molar-refractivity contribution >= 4 is 11.6 Å². The van der Waals surface area contributed by atoms with Crippen molar-refractivity contribution in [3.8, 4) is 11.3 Å². The fourth-order valence-corrected chi connectivity index (χ4v) is 1.37. The lowest BCUT2D eigenvalue weighted by Crippen LogP contribution is -1.94. The molecule has 0 fully saturated rings. The Balaban J connectivity index is 2.40. The maximum absolute atomic E-state index is 12.9. The van der Waals surface area contributed by atoms with Crippen LogP contribution in [0, 0.1) is 5.82 Å². The SMILES string of the molecule is NCc1ncc(-c2ccc(F)c(Cl)c2)o1. The normalized spacial score (nSPS) is 10.6. The molecule has 1 aromatic carbocycles. The lowest BCUT2D eigenvalue weighted by atomic mass is 10.2. The standard InChI is InChI=1S/C10H8ClFN2O/c11-7-3-6(1-2-8(7)12)9-5-14-10(4-13)15-9/h1-3,5H,4,13H2. The van der Waals surface area contributed by atoms with Gasteiger partial charge in [0.05, 0.1) is 17.8 Å². The number of nitrogens with two attached hydrogens (primary N) is 1. The van der Waals surface area contributed by atoms with Gasteiger partial charge in [0.15, 0.2) is 5.76 Å². The van der Waals surface area contributed by atoms with Crippen molar-refractivity contribution in [2.45, 2.75) is 6.54 Å². The number of nitrogens with zero attached hydrogens (tertiary/aromatic N) is 1. The molecular formula is C10H8ClFN2O. The van der Waals surface area contributed by atoms with Crippen molar-refractivity contribution in [2.24, 2.45) is 5.73 Å². The number of hydrogen-bond acceptors (Lipinski definition) is 3. The fourth-order valence-electron chi connectivity index (χ4n) is 1.19. The molecule has 3 nitrogen and oxygen atoms in total. The molecule has 0 saturated heterocycles. The molecule has 78 valence electrons. The van der Waals surface area contributed by atoms with Gasteiger partial charge >= 0.3 is 0 Å². The third-order valence-corrected chi connectivity index (χ3v) is 2.22. The zero-order valence-corrected chi connectivity index (χ0v) is 8.46. The lowest BCUT2D eigenvalue weighted by Gasteiger charge is -1.97. The van der Waals surface area contributed by atoms with Gasteiger partial charge in [-0.2, -0.15) is 0 Å². The van der Waals surface area contributed by atoms with E-state index >= 15 is 0 Å². The molecule has 2 aromatic rings. The van der Waals surface area contributed by atoms with Gasteiger partial charge in [0, 0.05) is 5.56 Å². The predicted octanol–water partition coefficient (Wildman–Crippen LogP) is 2.59. The van der Waals surface area contributed by atoms with Crippen molar-refractivity contribution in [2.75, 3.05) is 0 Å². The molecule has 0 aliphatic rings. The van der Waals surface area contributed by atoms with Crippen molar-refractivity contribution in [1.29, 1.82) is 0 Å². The minimum atomic E-state index is -0.459. The third-order valence-electron chi connectivity index (χ3n) is 1.93. The molecule has 0 unspecified atom stereocenters. The Labute approximate surface area is 90.7 Å². The summed E-state index contributed by atoms with van der Waals surface area (Å²) in [7, 11) is 0. The summed E-state index contributed by atoms with van der Waals surface area (Å²) < 4.78 is 18.2. The first-order valence-corrected chi connectivity index (χ1v) is 4.68. The van der Waals surface area contributed by atoms with Gasteiger partial charge in [-0.3, -0.25) is 0 Å². The van der Waals surface area contributed by atoms with Crippen LogP contribution >= 0.6 is 11.6 Å². The molecule has 0 atom stereocenters. The number of rotatable bonds is 2. The molecule has 0 aliphatic heterocycles. The van der Waals surface area contributed by atoms with Gasteiger partial charge in [0.2, 0.25) is 5.89 Å². The minimum absolute atomic E-state index is 0.0539. The average Bonchev–Trinajstić information content (AvgIpc) is 2.70. The van der Waals surface area contributed by atoms with E-state index in [4.69, 9.17) is 21.8 Å². The van der Waals surface area contributed by atoms with Crippen LogP contribution in [0.5, 0.6) is 0 Å². The molecule has 0 radical (unpaired) electrons. The lowest BCUT2D eigenvalue weighted by molar-refractivity contribution is 0.509. The highest BCUT2D eigenvalue weighted by atomic mass is 35.5. The first-order valence-electron chi connectivity index (χ1n) is 4.31. The van der Waals surface area contributed by atoms with Crippen LogP contribution in [0.25, 0.3) is 11.3 Å². The van der Waals surface area contributed by atoms with Crippen molar-refractivity contribution in [3.05, 3.63) is 41.1 Å². The zero-order chi connectivity index (χ0) is 10.8. The summed E-state index contributed by atoms with van der Waals surface area (Å²) in [6.45, 7) is 0.231. The van der Waals surface area contributed by atoms with Crippen molar-refractivity contribution < 1.29 is 8.81 Å². The van der Waals surface area contributed by atoms with E-state index < -0.39 is 5.82 Å². The Bertz CT molecular complexity index is 484. The van der Waals surface area contributed by atoms with Crippen LogP contribution in [0.4, 0.5) is 4.39 Å². The van der Waals surface area contributed by atoms with E-state index in [0.717, 1.165) is 0 Å². The Morgan fingerprint density at radius 2 is 2.27 bits per heavy atom. The maximum atomic E-state index is 12.9. The molecule has 0 amide bonds. The topological polar surface area (TPSA) is 52.0 Å². The van der Waals surface area contributed by atoms with Gasteiger partial charge in [-0.1, -0.05) is 11.6 Å². The Kier molecular flexibility index (Phi) is 2.70. The first-order chi connectivity index (χ1) is 7.20. The van der Waals surface area contributed by atoms with Gasteiger partial charge in [-0.15, -0.1) is 0 Å². The van der Waals surface area contributed by atoms with E-state index in [1.54, 1.807) is 6.07 Å². The van der Waals surface area contributed by atoms with E-state index in [-0.39, 0.29) is 11.6 Å². The van der Waals surface area contributed by atoms with Crippen LogP contribution in [0.3, 0.4) is 0 Å². The number of hydrogen-bond donors (Lipinski definition) is 1. The molecule has 0 bridgehead atoms. The number of benzene rings is 1. The Morgan fingerprint density at radius 3 is 2.87 bits per heavy atom. The molecule has 15 heavy (non-hydrogen) atoms. The monoisotopic (exact) mass is 226 g/mol. The largest absolute Gasteiger partial charge is 0.439 e. The van der Waals surface area contributed by atoms with Gasteiger partial charge in [-0.25, -0.2) is 9.37 Å². The second-order valence-corrected chi connectivity index (χ2v) is 3.36. The van der Waals surface area contributed by atoms with E-state index in [0.29, 0.717) is 17.2 Å². The average molecular weight is 227 g/mol. The smallest absolute Gasteiger partial charge is 0.208 e. The maximum Gasteiger partial charge on any atom is 0.208 e. The van der Waals surface area contributed by atoms with Crippen LogP contribution in [0.15, 0.2) is 28.8 Å². The van der Waals surface area contributed by atoms with Crippen molar-refractivity contribution in [1.82, 2.24) is 4.98 Å². The summed E-state index contributed by atoms with van der Waals surface area (Å²) in [6, 6.07) is 4.34. The second-order valence-electron chi connectivity index (χ2n) is 2.95. The molecule has 0 aliphatic carbocycles. The van der Waals surface area contributed by atoms with Crippen LogP contribution in [0.2, 0.25) is 5.02 Å². The molecule has 1 heterocycles. The number of aromatic nitrogens is 1. The highest BCUT2D eigenvalue weighted by Crippen LogP contribution is 2.25. The molecule has 2 N–H and O–H groups in total. The fraction of sp³-hybridized carbons (Fsp3) is 0.100. The molecule has 0 spiro atoms. The Morgan fingerprint density at radius 1 is 1.47 bits per heavy atom. The van der Waals surface area contributed by atoms with Crippen LogP contribution < -0.4 is 5.73 Å². The number of halogens is 2. The van der Waals surface area contributed by atoms with Crippen LogP contribution in [-0.4, -0.2) is 4.98 Å². The van der Waals surface area contributed by atoms with Crippen LogP contribution in [-0.2, 0) is 6.54 Å². The molecule has 5 heteroatoms. The zero-order valence-electron chi connectivity index (χ0n) is 7.71. The minimum Gasteiger partial charge on any atom is -0.439 e.